The van der Waals surface area contributed by atoms with Gasteiger partial charge in [-0.1, -0.05) is 12.1 Å². The molecule has 0 aliphatic carbocycles. The van der Waals surface area contributed by atoms with Crippen molar-refractivity contribution in [2.45, 2.75) is 6.36 Å². The molecular weight excluding hydrogens is 353 g/mol. The smallest absolute Gasteiger partial charge is 0.652 e. The summed E-state index contributed by atoms with van der Waals surface area (Å²) >= 11 is 0. The van der Waals surface area contributed by atoms with Crippen molar-refractivity contribution >= 4 is 12.4 Å². The Morgan fingerprint density at radius 2 is 1.67 bits per heavy atom. The van der Waals surface area contributed by atoms with Crippen molar-refractivity contribution in [1.82, 2.24) is 0 Å². The first-order chi connectivity index (χ1) is 7.76. The second kappa shape index (κ2) is 8.56. The van der Waals surface area contributed by atoms with Gasteiger partial charge in [0, 0.05) is 0 Å². The first-order valence-electron chi connectivity index (χ1n) is 3.94. The molecule has 0 aliphatic rings. The minimum atomic E-state index is -4.76. The van der Waals surface area contributed by atoms with Gasteiger partial charge in [-0.2, -0.15) is 0 Å². The molecule has 1 rings (SSSR count). The van der Waals surface area contributed by atoms with Crippen molar-refractivity contribution < 1.29 is 60.1 Å². The fourth-order valence-electron chi connectivity index (χ4n) is 0.796. The molecule has 0 aromatic heterocycles. The zero-order valence-corrected chi connectivity index (χ0v) is 9.85. The molecule has 18 heavy (non-hydrogen) atoms. The van der Waals surface area contributed by atoms with E-state index in [-0.39, 0.29) is 27.9 Å². The Labute approximate surface area is 115 Å². The van der Waals surface area contributed by atoms with E-state index in [1.54, 1.807) is 0 Å². The molecule has 0 aliphatic heterocycles. The number of ether oxygens (including phenoxy) is 1. The Kier molecular flexibility index (Phi) is 8.96. The zero-order chi connectivity index (χ0) is 13.5. The van der Waals surface area contributed by atoms with Crippen LogP contribution in [-0.2, 0) is 22.4 Å². The standard InChI is InChI=1S/C8H5F3O2.CH2O3.Ag/c9-8(10,11)13-7-4-2-1-3-6(7)5-12;2-1(3)4;/h1-5H;(H2,2,3,4);/q;;+2/p-2. The monoisotopic (exact) mass is 357 g/mol. The fraction of sp³-hybridized carbons (Fsp3) is 0.111. The molecule has 0 unspecified atom stereocenters. The van der Waals surface area contributed by atoms with E-state index in [0.717, 1.165) is 6.07 Å². The van der Waals surface area contributed by atoms with E-state index >= 15 is 0 Å². The number of carbonyl (C=O) groups excluding carboxylic acids is 2. The van der Waals surface area contributed by atoms with Crippen LogP contribution in [0.25, 0.3) is 0 Å². The number of aldehydes is 1. The number of benzene rings is 1. The molecule has 103 valence electrons. The van der Waals surface area contributed by atoms with Crippen molar-refractivity contribution in [1.29, 1.82) is 0 Å². The quantitative estimate of drug-likeness (QED) is 0.546. The van der Waals surface area contributed by atoms with Crippen LogP contribution >= 0.6 is 0 Å². The summed E-state index contributed by atoms with van der Waals surface area (Å²) in [7, 11) is 0. The molecule has 0 spiro atoms. The number of hydrogen-bond donors (Lipinski definition) is 0. The predicted octanol–water partition coefficient (Wildman–Crippen LogP) is -0.0518. The molecule has 9 heteroatoms. The Hall–Kier alpha value is -1.51. The third-order valence-electron chi connectivity index (χ3n) is 1.27. The second-order valence-corrected chi connectivity index (χ2v) is 2.45. The molecule has 0 fully saturated rings. The Morgan fingerprint density at radius 1 is 1.22 bits per heavy atom. The van der Waals surface area contributed by atoms with Crippen molar-refractivity contribution in [3.8, 4) is 5.75 Å². The van der Waals surface area contributed by atoms with Gasteiger partial charge in [0.05, 0.1) is 5.56 Å². The number of halogens is 3. The Morgan fingerprint density at radius 3 is 2.06 bits per heavy atom. The number of para-hydroxylation sites is 1. The minimum absolute atomic E-state index is 0. The fourth-order valence-corrected chi connectivity index (χ4v) is 0.796. The van der Waals surface area contributed by atoms with Gasteiger partial charge >= 0.3 is 28.7 Å². The Bertz CT molecular complexity index is 390. The van der Waals surface area contributed by atoms with Gasteiger partial charge < -0.3 is 19.7 Å². The van der Waals surface area contributed by atoms with Crippen LogP contribution in [0.5, 0.6) is 5.75 Å². The van der Waals surface area contributed by atoms with E-state index in [0.29, 0.717) is 6.29 Å². The van der Waals surface area contributed by atoms with Crippen LogP contribution in [0.15, 0.2) is 24.3 Å². The largest absolute Gasteiger partial charge is 2.00 e. The molecule has 0 saturated carbocycles. The average molecular weight is 358 g/mol. The SMILES string of the molecule is O=C([O-])[O-].O=Cc1ccccc1OC(F)(F)F.[Ag+2]. The molecule has 0 N–H and O–H groups in total. The van der Waals surface area contributed by atoms with Gasteiger partial charge in [0.1, 0.15) is 5.75 Å². The van der Waals surface area contributed by atoms with Crippen LogP contribution in [0.2, 0.25) is 0 Å². The number of carboxylic acid groups (broad SMARTS) is 2. The van der Waals surface area contributed by atoms with Crippen molar-refractivity contribution in [3.05, 3.63) is 29.8 Å². The maximum atomic E-state index is 11.7. The number of hydrogen-bond acceptors (Lipinski definition) is 5. The van der Waals surface area contributed by atoms with Gasteiger partial charge in [0.15, 0.2) is 6.29 Å². The summed E-state index contributed by atoms with van der Waals surface area (Å²) in [5.41, 5.74) is -0.125. The van der Waals surface area contributed by atoms with Gasteiger partial charge in [0.2, 0.25) is 0 Å². The average Bonchev–Trinajstić information content (AvgIpc) is 2.15. The van der Waals surface area contributed by atoms with Crippen LogP contribution in [0, 0.1) is 0 Å². The van der Waals surface area contributed by atoms with Crippen molar-refractivity contribution in [2.24, 2.45) is 0 Å². The maximum absolute atomic E-state index is 11.7. The number of rotatable bonds is 2. The Balaban J connectivity index is 0. The molecule has 1 radical (unpaired) electrons. The molecule has 1 aromatic rings. The van der Waals surface area contributed by atoms with Gasteiger partial charge in [0.25, 0.3) is 0 Å². The summed E-state index contributed by atoms with van der Waals surface area (Å²) < 4.78 is 38.8. The summed E-state index contributed by atoms with van der Waals surface area (Å²) in [5, 5.41) is 16.7. The van der Waals surface area contributed by atoms with E-state index in [9.17, 15) is 18.0 Å². The van der Waals surface area contributed by atoms with Crippen LogP contribution in [0.3, 0.4) is 0 Å². The molecule has 0 amide bonds. The van der Waals surface area contributed by atoms with Crippen molar-refractivity contribution in [2.75, 3.05) is 0 Å². The summed E-state index contributed by atoms with van der Waals surface area (Å²) in [6.45, 7) is 0. The first-order valence-corrected chi connectivity index (χ1v) is 3.94. The summed E-state index contributed by atoms with van der Waals surface area (Å²) in [5.74, 6) is -0.481. The van der Waals surface area contributed by atoms with Gasteiger partial charge in [-0.15, -0.1) is 13.2 Å². The third kappa shape index (κ3) is 9.70. The molecule has 1 aromatic carbocycles. The van der Waals surface area contributed by atoms with E-state index in [2.05, 4.69) is 4.74 Å². The normalized spacial score (nSPS) is 9.28. The molecule has 0 bridgehead atoms. The molecule has 0 saturated heterocycles. The first kappa shape index (κ1) is 18.8. The topological polar surface area (TPSA) is 89.5 Å². The minimum Gasteiger partial charge on any atom is -0.652 e. The zero-order valence-electron chi connectivity index (χ0n) is 8.36. The van der Waals surface area contributed by atoms with Gasteiger partial charge in [-0.25, -0.2) is 0 Å². The molecule has 5 nitrogen and oxygen atoms in total. The number of carbonyl (C=O) groups is 2. The second-order valence-electron chi connectivity index (χ2n) is 2.45. The summed E-state index contributed by atoms with van der Waals surface area (Å²) in [6.07, 6.45) is -6.79. The van der Waals surface area contributed by atoms with Crippen LogP contribution in [-0.4, -0.2) is 18.8 Å². The van der Waals surface area contributed by atoms with E-state index < -0.39 is 18.3 Å². The molecular formula is C9H5AgF3O5. The van der Waals surface area contributed by atoms with Crippen LogP contribution in [0.4, 0.5) is 18.0 Å². The molecule has 0 atom stereocenters. The number of alkyl halides is 3. The summed E-state index contributed by atoms with van der Waals surface area (Å²) in [6, 6.07) is 5.13. The van der Waals surface area contributed by atoms with Crippen LogP contribution in [0.1, 0.15) is 10.4 Å². The van der Waals surface area contributed by atoms with Crippen LogP contribution < -0.4 is 14.9 Å². The van der Waals surface area contributed by atoms with Gasteiger partial charge in [-0.3, -0.25) is 4.79 Å². The molecule has 0 heterocycles. The van der Waals surface area contributed by atoms with E-state index in [1.807, 2.05) is 0 Å². The van der Waals surface area contributed by atoms with E-state index in [1.165, 1.54) is 18.2 Å². The van der Waals surface area contributed by atoms with Gasteiger partial charge in [-0.05, 0) is 18.3 Å². The van der Waals surface area contributed by atoms with E-state index in [4.69, 9.17) is 15.0 Å². The maximum Gasteiger partial charge on any atom is 2.00 e. The predicted molar refractivity (Wildman–Crippen MR) is 43.9 cm³/mol. The third-order valence-corrected chi connectivity index (χ3v) is 1.27. The summed E-state index contributed by atoms with van der Waals surface area (Å²) in [4.78, 5) is 18.6. The van der Waals surface area contributed by atoms with Crippen molar-refractivity contribution in [3.63, 3.8) is 0 Å².